The Morgan fingerprint density at radius 3 is 1.57 bits per heavy atom. The molecule has 2 nitrogen and oxygen atoms in total. The van der Waals surface area contributed by atoms with Crippen molar-refractivity contribution in [2.24, 2.45) is 0 Å². The maximum absolute atomic E-state index is 13.4. The van der Waals surface area contributed by atoms with E-state index in [1.165, 1.54) is 0 Å². The number of amides is 1. The molecule has 1 amide bonds. The second-order valence-electron chi connectivity index (χ2n) is 5.29. The number of carbonyl (C=O) groups is 1. The van der Waals surface area contributed by atoms with Crippen molar-refractivity contribution >= 4 is 23.4 Å². The quantitative estimate of drug-likeness (QED) is 0.373. The van der Waals surface area contributed by atoms with E-state index < -0.39 is 63.6 Å². The molecule has 0 radical (unpaired) electrons. The van der Waals surface area contributed by atoms with Crippen LogP contribution in [0.5, 0.6) is 0 Å². The number of thioether (sulfide) groups is 1. The molecule has 0 atom stereocenters. The van der Waals surface area contributed by atoms with Gasteiger partial charge in [0.15, 0.2) is 0 Å². The summed E-state index contributed by atoms with van der Waals surface area (Å²) in [6.45, 7) is 0. The number of alkyl halides is 14. The molecule has 0 aliphatic carbocycles. The molecule has 30 heavy (non-hydrogen) atoms. The molecule has 0 heterocycles. The maximum atomic E-state index is 13.4. The molecule has 0 spiro atoms. The van der Waals surface area contributed by atoms with Gasteiger partial charge in [-0.25, -0.2) is 0 Å². The van der Waals surface area contributed by atoms with Gasteiger partial charge < -0.3 is 5.32 Å². The second-order valence-corrected chi connectivity index (χ2v) is 6.44. The van der Waals surface area contributed by atoms with E-state index >= 15 is 0 Å². The third-order valence-electron chi connectivity index (χ3n) is 3.13. The minimum Gasteiger partial charge on any atom is -0.320 e. The van der Waals surface area contributed by atoms with Gasteiger partial charge in [0.1, 0.15) is 0 Å². The zero-order valence-electron chi connectivity index (χ0n) is 13.4. The van der Waals surface area contributed by atoms with E-state index in [4.69, 9.17) is 0 Å². The Labute approximate surface area is 160 Å². The third kappa shape index (κ3) is 4.54. The van der Waals surface area contributed by atoms with E-state index in [2.05, 4.69) is 0 Å². The molecule has 0 aliphatic heterocycles. The number of halogens is 14. The molecule has 0 aliphatic rings. The van der Waals surface area contributed by atoms with Gasteiger partial charge in [-0.1, -0.05) is 12.1 Å². The van der Waals surface area contributed by atoms with Crippen LogP contribution < -0.4 is 5.32 Å². The Morgan fingerprint density at radius 2 is 1.13 bits per heavy atom. The van der Waals surface area contributed by atoms with Crippen LogP contribution in [0.4, 0.5) is 67.2 Å². The summed E-state index contributed by atoms with van der Waals surface area (Å²) in [5.74, 6) is -23.5. The molecule has 1 aromatic carbocycles. The number of carbonyl (C=O) groups excluding carboxylic acids is 1. The topological polar surface area (TPSA) is 29.1 Å². The van der Waals surface area contributed by atoms with E-state index in [1.807, 2.05) is 0 Å². The summed E-state index contributed by atoms with van der Waals surface area (Å²) < 4.78 is 178. The molecule has 17 heteroatoms. The first-order valence-electron chi connectivity index (χ1n) is 6.84. The van der Waals surface area contributed by atoms with Gasteiger partial charge in [0.25, 0.3) is 0 Å². The number of rotatable bonds is 6. The van der Waals surface area contributed by atoms with Gasteiger partial charge in [-0.15, -0.1) is 0 Å². The molecule has 0 saturated heterocycles. The minimum absolute atomic E-state index is 0.292. The van der Waals surface area contributed by atoms with Crippen LogP contribution in [0.1, 0.15) is 0 Å². The predicted molar refractivity (Wildman–Crippen MR) is 72.8 cm³/mol. The lowest BCUT2D eigenvalue weighted by atomic mass is 10.1. The van der Waals surface area contributed by atoms with Gasteiger partial charge in [-0.2, -0.15) is 61.5 Å². The lowest BCUT2D eigenvalue weighted by molar-refractivity contribution is -0.343. The van der Waals surface area contributed by atoms with Crippen LogP contribution in [-0.4, -0.2) is 41.3 Å². The molecule has 0 fully saturated rings. The van der Waals surface area contributed by atoms with Crippen LogP contribution in [0, 0.1) is 0 Å². The van der Waals surface area contributed by atoms with E-state index in [0.717, 1.165) is 0 Å². The van der Waals surface area contributed by atoms with E-state index in [9.17, 15) is 66.3 Å². The fourth-order valence-electron chi connectivity index (χ4n) is 1.55. The predicted octanol–water partition coefficient (Wildman–Crippen LogP) is 6.34. The average Bonchev–Trinajstić information content (AvgIpc) is 2.53. The van der Waals surface area contributed by atoms with Crippen LogP contribution in [0.15, 0.2) is 29.2 Å². The molecular formula is C13H5F14NOS. The average molecular weight is 489 g/mol. The number of anilines is 1. The third-order valence-corrected chi connectivity index (χ3v) is 4.22. The van der Waals surface area contributed by atoms with Crippen LogP contribution in [-0.2, 0) is 4.79 Å². The van der Waals surface area contributed by atoms with Crippen molar-refractivity contribution in [3.8, 4) is 0 Å². The highest BCUT2D eigenvalue weighted by atomic mass is 32.2. The summed E-state index contributed by atoms with van der Waals surface area (Å²) in [7, 11) is 0. The van der Waals surface area contributed by atoms with E-state index in [0.29, 0.717) is 29.6 Å². The van der Waals surface area contributed by atoms with Crippen LogP contribution >= 0.6 is 11.8 Å². The van der Waals surface area contributed by atoms with Crippen molar-refractivity contribution in [1.29, 1.82) is 0 Å². The van der Waals surface area contributed by atoms with Crippen LogP contribution in [0.2, 0.25) is 0 Å². The molecule has 1 aromatic rings. The van der Waals surface area contributed by atoms with Gasteiger partial charge in [-0.05, 0) is 23.9 Å². The highest BCUT2D eigenvalue weighted by Crippen LogP contribution is 2.55. The number of hydrogen-bond acceptors (Lipinski definition) is 2. The lowest BCUT2D eigenvalue weighted by Gasteiger charge is -2.29. The molecule has 0 unspecified atom stereocenters. The first-order valence-corrected chi connectivity index (χ1v) is 7.65. The lowest BCUT2D eigenvalue weighted by Crippen LogP contribution is -2.57. The van der Waals surface area contributed by atoms with Crippen molar-refractivity contribution < 1.29 is 66.3 Å². The fraction of sp³-hybridized carbons (Fsp3) is 0.462. The zero-order chi connectivity index (χ0) is 24.0. The Balaban J connectivity index is 3.27. The molecular weight excluding hydrogens is 484 g/mol. The molecule has 0 aromatic heterocycles. The van der Waals surface area contributed by atoms with Gasteiger partial charge >= 0.3 is 41.3 Å². The smallest absolute Gasteiger partial charge is 0.320 e. The Kier molecular flexibility index (Phi) is 6.64. The number of benzene rings is 1. The van der Waals surface area contributed by atoms with Gasteiger partial charge in [0.2, 0.25) is 0 Å². The summed E-state index contributed by atoms with van der Waals surface area (Å²) >= 11 is -1.60. The number of nitrogens with one attached hydrogen (secondary N) is 1. The highest BCUT2D eigenvalue weighted by molar-refractivity contribution is 8.00. The normalized spacial score (nSPS) is 14.6. The van der Waals surface area contributed by atoms with E-state index in [-0.39, 0.29) is 0 Å². The van der Waals surface area contributed by atoms with Crippen LogP contribution in [0.3, 0.4) is 0 Å². The summed E-state index contributed by atoms with van der Waals surface area (Å²) in [5.41, 5.74) is -1.46. The molecule has 172 valence electrons. The van der Waals surface area contributed by atoms with Crippen molar-refractivity contribution in [1.82, 2.24) is 0 Å². The zero-order valence-corrected chi connectivity index (χ0v) is 14.2. The van der Waals surface area contributed by atoms with E-state index in [1.54, 1.807) is 0 Å². The number of hydrogen-bond donors (Lipinski definition) is 1. The first-order chi connectivity index (χ1) is 13.1. The molecule has 0 saturated carbocycles. The molecule has 0 bridgehead atoms. The summed E-state index contributed by atoms with van der Waals surface area (Å²) in [6, 6.07) is 1.98. The standard InChI is InChI=1S/C13H5F14NOS/c14-8(15,9(16,17)11(20,21)22)7(29)28-5-3-1-2-4-6(5)30-13(26,27)10(18,19)12(23,24)25/h1-4H,(H,28,29). The van der Waals surface area contributed by atoms with Crippen molar-refractivity contribution in [3.05, 3.63) is 24.3 Å². The Bertz CT molecular complexity index is 785. The fourth-order valence-corrected chi connectivity index (χ4v) is 2.44. The largest absolute Gasteiger partial charge is 0.460 e. The monoisotopic (exact) mass is 489 g/mol. The summed E-state index contributed by atoms with van der Waals surface area (Å²) in [5, 5.41) is -5.30. The van der Waals surface area contributed by atoms with Gasteiger partial charge in [0.05, 0.1) is 5.69 Å². The Hall–Kier alpha value is -1.94. The van der Waals surface area contributed by atoms with Crippen molar-refractivity contribution in [2.45, 2.75) is 40.3 Å². The first kappa shape index (κ1) is 26.1. The molecule has 1 rings (SSSR count). The summed E-state index contributed by atoms with van der Waals surface area (Å²) in [6.07, 6.45) is -13.7. The molecule has 1 N–H and O–H groups in total. The Morgan fingerprint density at radius 1 is 0.700 bits per heavy atom. The SMILES string of the molecule is O=C(Nc1ccccc1SC(F)(F)C(F)(F)C(F)(F)F)C(F)(F)C(F)(F)C(F)(F)F. The minimum atomic E-state index is -6.93. The van der Waals surface area contributed by atoms with Gasteiger partial charge in [-0.3, -0.25) is 4.79 Å². The van der Waals surface area contributed by atoms with Gasteiger partial charge in [0, 0.05) is 4.90 Å². The summed E-state index contributed by atoms with van der Waals surface area (Å²) in [4.78, 5) is 9.77. The maximum Gasteiger partial charge on any atom is 0.460 e. The van der Waals surface area contributed by atoms with Crippen LogP contribution in [0.25, 0.3) is 0 Å². The highest BCUT2D eigenvalue weighted by Gasteiger charge is 2.76. The number of para-hydroxylation sites is 1. The second kappa shape index (κ2) is 7.64. The van der Waals surface area contributed by atoms with Crippen molar-refractivity contribution in [3.63, 3.8) is 0 Å². The van der Waals surface area contributed by atoms with Crippen molar-refractivity contribution in [2.75, 3.05) is 5.32 Å².